The molecule has 7 heteroatoms. The number of benzene rings is 2. The van der Waals surface area contributed by atoms with Crippen LogP contribution in [0.3, 0.4) is 0 Å². The number of nitrogens with zero attached hydrogens (tertiary/aromatic N) is 4. The van der Waals surface area contributed by atoms with Gasteiger partial charge >= 0.3 is 0 Å². The lowest BCUT2D eigenvalue weighted by Gasteiger charge is -2.36. The van der Waals surface area contributed by atoms with E-state index < -0.39 is 0 Å². The topological polar surface area (TPSA) is 58.6 Å². The van der Waals surface area contributed by atoms with Crippen molar-refractivity contribution >= 4 is 34.1 Å². The largest absolute Gasteiger partial charge is 0.497 e. The predicted octanol–water partition coefficient (Wildman–Crippen LogP) is 4.92. The minimum absolute atomic E-state index is 0.00523. The Kier molecular flexibility index (Phi) is 5.84. The Morgan fingerprint density at radius 2 is 1.67 bits per heavy atom. The van der Waals surface area contributed by atoms with E-state index >= 15 is 0 Å². The SMILES string of the molecule is COc1ccc(N2CCN(C(=O)c3cc(-c4ccncc4)nc4ccc(Cl)cc34)CC2)cc1. The molecule has 2 aromatic carbocycles. The lowest BCUT2D eigenvalue weighted by Crippen LogP contribution is -2.48. The van der Waals surface area contributed by atoms with Crippen LogP contribution in [0, 0.1) is 0 Å². The van der Waals surface area contributed by atoms with Crippen molar-refractivity contribution in [2.45, 2.75) is 0 Å². The van der Waals surface area contributed by atoms with Crippen molar-refractivity contribution in [3.05, 3.63) is 83.6 Å². The second-order valence-electron chi connectivity index (χ2n) is 7.93. The van der Waals surface area contributed by atoms with Crippen molar-refractivity contribution in [3.63, 3.8) is 0 Å². The van der Waals surface area contributed by atoms with E-state index in [0.717, 1.165) is 46.7 Å². The highest BCUT2D eigenvalue weighted by molar-refractivity contribution is 6.31. The van der Waals surface area contributed by atoms with Crippen LogP contribution in [0.2, 0.25) is 5.02 Å². The van der Waals surface area contributed by atoms with E-state index in [2.05, 4.69) is 22.0 Å². The second-order valence-corrected chi connectivity index (χ2v) is 8.37. The molecule has 0 N–H and O–H groups in total. The van der Waals surface area contributed by atoms with Crippen LogP contribution >= 0.6 is 11.6 Å². The van der Waals surface area contributed by atoms with E-state index in [0.29, 0.717) is 23.7 Å². The van der Waals surface area contributed by atoms with E-state index in [9.17, 15) is 4.79 Å². The number of hydrogen-bond acceptors (Lipinski definition) is 5. The Balaban J connectivity index is 1.42. The molecular weight excluding hydrogens is 436 g/mol. The molecule has 0 spiro atoms. The van der Waals surface area contributed by atoms with Gasteiger partial charge in [0.2, 0.25) is 0 Å². The molecule has 1 saturated heterocycles. The highest BCUT2D eigenvalue weighted by Gasteiger charge is 2.25. The predicted molar refractivity (Wildman–Crippen MR) is 131 cm³/mol. The first-order valence-corrected chi connectivity index (χ1v) is 11.2. The third kappa shape index (κ3) is 4.34. The molecule has 1 amide bonds. The number of piperazine rings is 1. The van der Waals surface area contributed by atoms with Crippen molar-refractivity contribution in [3.8, 4) is 17.0 Å². The minimum Gasteiger partial charge on any atom is -0.497 e. The number of carbonyl (C=O) groups is 1. The number of fused-ring (bicyclic) bond motifs is 1. The van der Waals surface area contributed by atoms with E-state index in [1.54, 1.807) is 25.6 Å². The molecule has 0 saturated carbocycles. The van der Waals surface area contributed by atoms with Gasteiger partial charge in [-0.25, -0.2) is 4.98 Å². The first kappa shape index (κ1) is 21.2. The maximum Gasteiger partial charge on any atom is 0.254 e. The van der Waals surface area contributed by atoms with Crippen molar-refractivity contribution in [2.75, 3.05) is 38.2 Å². The molecule has 4 aromatic rings. The number of halogens is 1. The van der Waals surface area contributed by atoms with Gasteiger partial charge in [-0.1, -0.05) is 11.6 Å². The molecule has 1 aliphatic heterocycles. The molecular formula is C26H23ClN4O2. The maximum atomic E-state index is 13.6. The number of methoxy groups -OCH3 is 1. The standard InChI is InChI=1S/C26H23ClN4O2/c1-33-21-5-3-20(4-6-21)30-12-14-31(15-13-30)26(32)23-17-25(18-8-10-28-11-9-18)29-24-7-2-19(27)16-22(23)24/h2-11,16-17H,12-15H2,1H3. The Morgan fingerprint density at radius 3 is 2.36 bits per heavy atom. The maximum absolute atomic E-state index is 13.6. The fourth-order valence-corrected chi connectivity index (χ4v) is 4.35. The third-order valence-corrected chi connectivity index (χ3v) is 6.22. The van der Waals surface area contributed by atoms with Gasteiger partial charge in [0.05, 0.1) is 23.9 Å². The van der Waals surface area contributed by atoms with Crippen LogP contribution in [-0.2, 0) is 0 Å². The first-order chi connectivity index (χ1) is 16.1. The average Bonchev–Trinajstić information content (AvgIpc) is 2.88. The number of aromatic nitrogens is 2. The quantitative estimate of drug-likeness (QED) is 0.434. The van der Waals surface area contributed by atoms with Crippen LogP contribution in [0.4, 0.5) is 5.69 Å². The molecule has 33 heavy (non-hydrogen) atoms. The summed E-state index contributed by atoms with van der Waals surface area (Å²) in [6.07, 6.45) is 3.45. The molecule has 2 aromatic heterocycles. The summed E-state index contributed by atoms with van der Waals surface area (Å²) in [6, 6.07) is 19.2. The first-order valence-electron chi connectivity index (χ1n) is 10.8. The molecule has 0 bridgehead atoms. The summed E-state index contributed by atoms with van der Waals surface area (Å²) in [5, 5.41) is 1.35. The van der Waals surface area contributed by atoms with Gasteiger partial charge < -0.3 is 14.5 Å². The van der Waals surface area contributed by atoms with Gasteiger partial charge in [0.1, 0.15) is 5.75 Å². The molecule has 1 aliphatic rings. The zero-order valence-electron chi connectivity index (χ0n) is 18.2. The molecule has 166 valence electrons. The van der Waals surface area contributed by atoms with Gasteiger partial charge in [-0.2, -0.15) is 0 Å². The smallest absolute Gasteiger partial charge is 0.254 e. The van der Waals surface area contributed by atoms with Crippen LogP contribution in [0.25, 0.3) is 22.2 Å². The number of hydrogen-bond donors (Lipinski definition) is 0. The molecule has 0 radical (unpaired) electrons. The monoisotopic (exact) mass is 458 g/mol. The molecule has 0 atom stereocenters. The molecule has 6 nitrogen and oxygen atoms in total. The fourth-order valence-electron chi connectivity index (χ4n) is 4.18. The van der Waals surface area contributed by atoms with Gasteiger partial charge in [0.25, 0.3) is 5.91 Å². The van der Waals surface area contributed by atoms with Crippen molar-refractivity contribution < 1.29 is 9.53 Å². The number of amides is 1. The highest BCUT2D eigenvalue weighted by Crippen LogP contribution is 2.28. The molecule has 0 unspecified atom stereocenters. The summed E-state index contributed by atoms with van der Waals surface area (Å²) < 4.78 is 5.25. The molecule has 1 fully saturated rings. The molecule has 0 aliphatic carbocycles. The summed E-state index contributed by atoms with van der Waals surface area (Å²) in [6.45, 7) is 2.80. The Bertz CT molecular complexity index is 1290. The van der Waals surface area contributed by atoms with Crippen LogP contribution < -0.4 is 9.64 Å². The summed E-state index contributed by atoms with van der Waals surface area (Å²) in [7, 11) is 1.66. The van der Waals surface area contributed by atoms with Crippen LogP contribution in [0.1, 0.15) is 10.4 Å². The fraction of sp³-hybridized carbons (Fsp3) is 0.192. The lowest BCUT2D eigenvalue weighted by molar-refractivity contribution is 0.0748. The average molecular weight is 459 g/mol. The lowest BCUT2D eigenvalue weighted by atomic mass is 10.0. The van der Waals surface area contributed by atoms with E-state index in [4.69, 9.17) is 21.3 Å². The summed E-state index contributed by atoms with van der Waals surface area (Å²) in [5.41, 5.74) is 4.15. The van der Waals surface area contributed by atoms with Crippen molar-refractivity contribution in [1.82, 2.24) is 14.9 Å². The number of rotatable bonds is 4. The number of pyridine rings is 2. The number of carbonyl (C=O) groups excluding carboxylic acids is 1. The highest BCUT2D eigenvalue weighted by atomic mass is 35.5. The van der Waals surface area contributed by atoms with Crippen LogP contribution in [0.15, 0.2) is 73.1 Å². The zero-order valence-corrected chi connectivity index (χ0v) is 19.0. The number of anilines is 1. The van der Waals surface area contributed by atoms with Gasteiger partial charge in [-0.3, -0.25) is 9.78 Å². The van der Waals surface area contributed by atoms with E-state index in [1.807, 2.05) is 47.4 Å². The zero-order chi connectivity index (χ0) is 22.8. The van der Waals surface area contributed by atoms with Crippen LogP contribution in [-0.4, -0.2) is 54.1 Å². The third-order valence-electron chi connectivity index (χ3n) is 5.98. The van der Waals surface area contributed by atoms with E-state index in [-0.39, 0.29) is 5.91 Å². The van der Waals surface area contributed by atoms with Crippen LogP contribution in [0.5, 0.6) is 5.75 Å². The van der Waals surface area contributed by atoms with Crippen molar-refractivity contribution in [2.24, 2.45) is 0 Å². The summed E-state index contributed by atoms with van der Waals surface area (Å²) in [5.74, 6) is 0.829. The Hall–Kier alpha value is -3.64. The van der Waals surface area contributed by atoms with Gasteiger partial charge in [-0.05, 0) is 60.7 Å². The minimum atomic E-state index is -0.00523. The Morgan fingerprint density at radius 1 is 0.939 bits per heavy atom. The molecule has 5 rings (SSSR count). The van der Waals surface area contributed by atoms with Gasteiger partial charge in [0, 0.05) is 60.2 Å². The van der Waals surface area contributed by atoms with Gasteiger partial charge in [0.15, 0.2) is 0 Å². The Labute approximate surface area is 197 Å². The summed E-state index contributed by atoms with van der Waals surface area (Å²) >= 11 is 6.27. The normalized spacial score (nSPS) is 13.9. The molecule has 3 heterocycles. The second kappa shape index (κ2) is 9.08. The van der Waals surface area contributed by atoms with Gasteiger partial charge in [-0.15, -0.1) is 0 Å². The summed E-state index contributed by atoms with van der Waals surface area (Å²) in [4.78, 5) is 26.7. The number of ether oxygens (including phenoxy) is 1. The van der Waals surface area contributed by atoms with Crippen molar-refractivity contribution in [1.29, 1.82) is 0 Å². The van der Waals surface area contributed by atoms with E-state index in [1.165, 1.54) is 0 Å².